The second-order valence-electron chi connectivity index (χ2n) is 3.55. The Bertz CT molecular complexity index is 499. The van der Waals surface area contributed by atoms with Gasteiger partial charge in [0.05, 0.1) is 19.3 Å². The predicted octanol–water partition coefficient (Wildman–Crippen LogP) is 1.22. The Hall–Kier alpha value is -1.92. The molecule has 0 unspecified atom stereocenters. The smallest absolute Gasteiger partial charge is 0.252 e. The van der Waals surface area contributed by atoms with Crippen molar-refractivity contribution in [3.63, 3.8) is 0 Å². The molecular formula is C12H15N3O3. The molecule has 0 amide bonds. The number of hydrogen-bond acceptors (Lipinski definition) is 6. The number of benzene rings is 1. The van der Waals surface area contributed by atoms with Gasteiger partial charge in [-0.05, 0) is 12.1 Å². The third-order valence-corrected chi connectivity index (χ3v) is 2.30. The zero-order valence-electron chi connectivity index (χ0n) is 10.1. The van der Waals surface area contributed by atoms with Crippen LogP contribution in [0.25, 0.3) is 11.4 Å². The normalized spacial score (nSPS) is 10.6. The molecule has 18 heavy (non-hydrogen) atoms. The summed E-state index contributed by atoms with van der Waals surface area (Å²) >= 11 is 0. The Morgan fingerprint density at radius 3 is 2.94 bits per heavy atom. The fourth-order valence-electron chi connectivity index (χ4n) is 1.50. The topological polar surface area (TPSA) is 83.4 Å². The third-order valence-electron chi connectivity index (χ3n) is 2.30. The molecule has 0 fully saturated rings. The van der Waals surface area contributed by atoms with Gasteiger partial charge in [-0.15, -0.1) is 0 Å². The van der Waals surface area contributed by atoms with E-state index in [9.17, 15) is 0 Å². The molecule has 1 aromatic heterocycles. The SMILES string of the molecule is COc1ccccc1-c1noc(COCCN)n1. The Balaban J connectivity index is 2.13. The molecule has 1 heterocycles. The van der Waals surface area contributed by atoms with Crippen molar-refractivity contribution in [1.29, 1.82) is 0 Å². The van der Waals surface area contributed by atoms with Gasteiger partial charge in [0.1, 0.15) is 12.4 Å². The summed E-state index contributed by atoms with van der Waals surface area (Å²) in [7, 11) is 1.60. The molecule has 2 aromatic rings. The van der Waals surface area contributed by atoms with Crippen LogP contribution < -0.4 is 10.5 Å². The summed E-state index contributed by atoms with van der Waals surface area (Å²) < 4.78 is 15.5. The van der Waals surface area contributed by atoms with E-state index in [1.54, 1.807) is 7.11 Å². The highest BCUT2D eigenvalue weighted by Crippen LogP contribution is 2.26. The summed E-state index contributed by atoms with van der Waals surface area (Å²) in [6.07, 6.45) is 0. The molecule has 0 atom stereocenters. The van der Waals surface area contributed by atoms with Crippen molar-refractivity contribution in [3.8, 4) is 17.1 Å². The van der Waals surface area contributed by atoms with Crippen molar-refractivity contribution in [2.45, 2.75) is 6.61 Å². The maximum absolute atomic E-state index is 5.32. The lowest BCUT2D eigenvalue weighted by molar-refractivity contribution is 0.104. The van der Waals surface area contributed by atoms with Gasteiger partial charge in [0.2, 0.25) is 5.82 Å². The summed E-state index contributed by atoms with van der Waals surface area (Å²) in [6, 6.07) is 7.48. The van der Waals surface area contributed by atoms with Crippen LogP contribution in [0.5, 0.6) is 5.75 Å². The van der Waals surface area contributed by atoms with E-state index < -0.39 is 0 Å². The van der Waals surface area contributed by atoms with E-state index in [0.717, 1.165) is 5.56 Å². The van der Waals surface area contributed by atoms with Gasteiger partial charge in [0.25, 0.3) is 5.89 Å². The first-order chi connectivity index (χ1) is 8.85. The monoisotopic (exact) mass is 249 g/mol. The molecule has 0 aliphatic carbocycles. The summed E-state index contributed by atoms with van der Waals surface area (Å²) in [6.45, 7) is 1.19. The fraction of sp³-hybridized carbons (Fsp3) is 0.333. The zero-order chi connectivity index (χ0) is 12.8. The van der Waals surface area contributed by atoms with Crippen molar-refractivity contribution in [2.24, 2.45) is 5.73 Å². The van der Waals surface area contributed by atoms with Crippen LogP contribution in [0.3, 0.4) is 0 Å². The molecule has 0 radical (unpaired) electrons. The first kappa shape index (κ1) is 12.5. The quantitative estimate of drug-likeness (QED) is 0.775. The molecule has 0 bridgehead atoms. The average molecular weight is 249 g/mol. The van der Waals surface area contributed by atoms with E-state index >= 15 is 0 Å². The average Bonchev–Trinajstić information content (AvgIpc) is 2.88. The number of aromatic nitrogens is 2. The summed E-state index contributed by atoms with van der Waals surface area (Å²) in [4.78, 5) is 4.24. The van der Waals surface area contributed by atoms with Crippen LogP contribution in [0.2, 0.25) is 0 Å². The Morgan fingerprint density at radius 2 is 2.17 bits per heavy atom. The molecule has 1 aromatic carbocycles. The standard InChI is InChI=1S/C12H15N3O3/c1-16-10-5-3-2-4-9(10)12-14-11(18-15-12)8-17-7-6-13/h2-5H,6-8,13H2,1H3. The van der Waals surface area contributed by atoms with E-state index in [1.807, 2.05) is 24.3 Å². The minimum absolute atomic E-state index is 0.263. The summed E-state index contributed by atoms with van der Waals surface area (Å²) in [5, 5.41) is 3.90. The van der Waals surface area contributed by atoms with Gasteiger partial charge in [0, 0.05) is 6.54 Å². The van der Waals surface area contributed by atoms with Crippen LogP contribution >= 0.6 is 0 Å². The lowest BCUT2D eigenvalue weighted by atomic mass is 10.2. The van der Waals surface area contributed by atoms with Crippen LogP contribution in [0, 0.1) is 0 Å². The highest BCUT2D eigenvalue weighted by molar-refractivity contribution is 5.63. The lowest BCUT2D eigenvalue weighted by Crippen LogP contribution is -2.08. The molecule has 0 aliphatic heterocycles. The molecule has 6 heteroatoms. The molecule has 96 valence electrons. The second kappa shape index (κ2) is 6.13. The summed E-state index contributed by atoms with van der Waals surface area (Å²) in [5.74, 6) is 1.61. The maximum Gasteiger partial charge on any atom is 0.252 e. The van der Waals surface area contributed by atoms with Crippen LogP contribution in [0.4, 0.5) is 0 Å². The van der Waals surface area contributed by atoms with Crippen molar-refractivity contribution < 1.29 is 14.0 Å². The van der Waals surface area contributed by atoms with E-state index in [4.69, 9.17) is 19.7 Å². The largest absolute Gasteiger partial charge is 0.496 e. The van der Waals surface area contributed by atoms with E-state index in [0.29, 0.717) is 30.6 Å². The van der Waals surface area contributed by atoms with Crippen molar-refractivity contribution in [1.82, 2.24) is 10.1 Å². The van der Waals surface area contributed by atoms with Crippen LogP contribution in [0.15, 0.2) is 28.8 Å². The van der Waals surface area contributed by atoms with Gasteiger partial charge >= 0.3 is 0 Å². The second-order valence-corrected chi connectivity index (χ2v) is 3.55. The highest BCUT2D eigenvalue weighted by atomic mass is 16.5. The number of rotatable bonds is 6. The Labute approximate surface area is 105 Å². The van der Waals surface area contributed by atoms with Gasteiger partial charge in [-0.3, -0.25) is 0 Å². The first-order valence-corrected chi connectivity index (χ1v) is 5.59. The highest BCUT2D eigenvalue weighted by Gasteiger charge is 2.12. The van der Waals surface area contributed by atoms with E-state index in [-0.39, 0.29) is 6.61 Å². The predicted molar refractivity (Wildman–Crippen MR) is 65.0 cm³/mol. The lowest BCUT2D eigenvalue weighted by Gasteiger charge is -2.03. The molecule has 0 aliphatic rings. The molecule has 2 rings (SSSR count). The van der Waals surface area contributed by atoms with Crippen LogP contribution in [-0.4, -0.2) is 30.4 Å². The van der Waals surface area contributed by atoms with Gasteiger partial charge in [-0.1, -0.05) is 17.3 Å². The maximum atomic E-state index is 5.32. The zero-order valence-corrected chi connectivity index (χ0v) is 10.1. The number of ether oxygens (including phenoxy) is 2. The molecule has 0 saturated heterocycles. The van der Waals surface area contributed by atoms with Gasteiger partial charge in [-0.2, -0.15) is 4.98 Å². The minimum Gasteiger partial charge on any atom is -0.496 e. The number of para-hydroxylation sites is 1. The minimum atomic E-state index is 0.263. The molecule has 0 saturated carbocycles. The number of nitrogens with zero attached hydrogens (tertiary/aromatic N) is 2. The van der Waals surface area contributed by atoms with E-state index in [1.165, 1.54) is 0 Å². The van der Waals surface area contributed by atoms with Crippen molar-refractivity contribution >= 4 is 0 Å². The Morgan fingerprint density at radius 1 is 1.33 bits per heavy atom. The number of methoxy groups -OCH3 is 1. The van der Waals surface area contributed by atoms with Gasteiger partial charge in [-0.25, -0.2) is 0 Å². The molecule has 0 spiro atoms. The van der Waals surface area contributed by atoms with Gasteiger partial charge < -0.3 is 19.7 Å². The van der Waals surface area contributed by atoms with Crippen molar-refractivity contribution in [2.75, 3.05) is 20.3 Å². The summed E-state index contributed by atoms with van der Waals surface area (Å²) in [5.41, 5.74) is 6.10. The van der Waals surface area contributed by atoms with Crippen LogP contribution in [-0.2, 0) is 11.3 Å². The number of hydrogen-bond donors (Lipinski definition) is 1. The first-order valence-electron chi connectivity index (χ1n) is 5.59. The van der Waals surface area contributed by atoms with Crippen molar-refractivity contribution in [3.05, 3.63) is 30.2 Å². The number of nitrogens with two attached hydrogens (primary N) is 1. The third kappa shape index (κ3) is 2.85. The van der Waals surface area contributed by atoms with Gasteiger partial charge in [0.15, 0.2) is 0 Å². The van der Waals surface area contributed by atoms with E-state index in [2.05, 4.69) is 10.1 Å². The molecule has 6 nitrogen and oxygen atoms in total. The molecular weight excluding hydrogens is 234 g/mol. The Kier molecular flexibility index (Phi) is 4.27. The molecule has 2 N–H and O–H groups in total. The fourth-order valence-corrected chi connectivity index (χ4v) is 1.50. The van der Waals surface area contributed by atoms with Crippen LogP contribution in [0.1, 0.15) is 5.89 Å².